The van der Waals surface area contributed by atoms with Crippen LogP contribution in [0.15, 0.2) is 42.5 Å². The summed E-state index contributed by atoms with van der Waals surface area (Å²) in [6.45, 7) is 6.43. The highest BCUT2D eigenvalue weighted by molar-refractivity contribution is 5.77. The monoisotopic (exact) mass is 671 g/mol. The lowest BCUT2D eigenvalue weighted by molar-refractivity contribution is -0.146. The number of morpholine rings is 1. The van der Waals surface area contributed by atoms with E-state index in [4.69, 9.17) is 33.2 Å². The number of anilines is 1. The Morgan fingerprint density at radius 2 is 1.58 bits per heavy atom. The van der Waals surface area contributed by atoms with E-state index in [0.717, 1.165) is 54.2 Å². The van der Waals surface area contributed by atoms with Gasteiger partial charge in [0.2, 0.25) is 5.91 Å². The fraction of sp³-hybridized carbons (Fsp3) is 0.600. The molecule has 0 saturated carbocycles. The maximum Gasteiger partial charge on any atom is 0.407 e. The number of amides is 2. The van der Waals surface area contributed by atoms with Crippen LogP contribution in [-0.2, 0) is 35.1 Å². The average molecular weight is 672 g/mol. The first-order valence-electron chi connectivity index (χ1n) is 16.7. The number of hydrogen-bond acceptors (Lipinski definition) is 10. The first kappa shape index (κ1) is 35.7. The molecule has 3 atom stereocenters. The highest BCUT2D eigenvalue weighted by Gasteiger charge is 2.41. The molecule has 5 rings (SSSR count). The van der Waals surface area contributed by atoms with Gasteiger partial charge < -0.3 is 53.0 Å². The third-order valence-corrected chi connectivity index (χ3v) is 8.91. The molecule has 2 saturated heterocycles. The van der Waals surface area contributed by atoms with Crippen LogP contribution in [0.5, 0.6) is 11.5 Å². The van der Waals surface area contributed by atoms with Crippen molar-refractivity contribution < 1.29 is 47.9 Å². The summed E-state index contributed by atoms with van der Waals surface area (Å²) in [7, 11) is 3.37. The number of carbonyl (C=O) groups is 2. The number of hydrogen-bond donors (Lipinski definition) is 1. The SMILES string of the molecule is COCCCOc1ccc([C@@H]2[C@@H](OCc3ccc4c(c3)N(CCCOC)CCO4)CN(C(=O)O)C[C@H]2OCC(=O)N2CCOCC2)cc1. The number of piperidine rings is 1. The summed E-state index contributed by atoms with van der Waals surface area (Å²) in [6.07, 6.45) is -0.553. The van der Waals surface area contributed by atoms with Crippen molar-refractivity contribution in [3.63, 3.8) is 0 Å². The molecule has 0 bridgehead atoms. The van der Waals surface area contributed by atoms with Crippen LogP contribution in [0.1, 0.15) is 29.9 Å². The molecule has 3 heterocycles. The van der Waals surface area contributed by atoms with Gasteiger partial charge in [-0.2, -0.15) is 0 Å². The third-order valence-electron chi connectivity index (χ3n) is 8.91. The van der Waals surface area contributed by atoms with Crippen LogP contribution in [-0.4, -0.2) is 139 Å². The number of rotatable bonds is 16. The Morgan fingerprint density at radius 1 is 0.854 bits per heavy atom. The van der Waals surface area contributed by atoms with Gasteiger partial charge in [0.1, 0.15) is 24.7 Å². The fourth-order valence-corrected chi connectivity index (χ4v) is 6.38. The van der Waals surface area contributed by atoms with E-state index < -0.39 is 18.3 Å². The van der Waals surface area contributed by atoms with Crippen molar-refractivity contribution in [2.45, 2.75) is 37.6 Å². The quantitative estimate of drug-likeness (QED) is 0.264. The van der Waals surface area contributed by atoms with E-state index >= 15 is 0 Å². The molecule has 2 aromatic rings. The van der Waals surface area contributed by atoms with Crippen molar-refractivity contribution >= 4 is 17.7 Å². The lowest BCUT2D eigenvalue weighted by atomic mass is 9.84. The standard InChI is InChI=1S/C35H49N3O10/c1-42-15-3-11-36-14-20-46-30-10-5-26(21-29(30)36)24-47-31-22-38(35(40)41)23-32(48-25-33(39)37-12-18-44-19-13-37)34(31)27-6-8-28(9-7-27)45-17-4-16-43-2/h5-10,21,31-32,34H,3-4,11-20,22-25H2,1-2H3,(H,40,41)/t31-,32+,34+/m0/s1. The molecular weight excluding hydrogens is 622 g/mol. The number of methoxy groups -OCH3 is 2. The van der Waals surface area contributed by atoms with E-state index in [0.29, 0.717) is 52.7 Å². The van der Waals surface area contributed by atoms with Crippen LogP contribution in [0.2, 0.25) is 0 Å². The summed E-state index contributed by atoms with van der Waals surface area (Å²) in [5.74, 6) is 1.07. The van der Waals surface area contributed by atoms with E-state index in [1.54, 1.807) is 19.1 Å². The van der Waals surface area contributed by atoms with Crippen molar-refractivity contribution in [2.75, 3.05) is 105 Å². The molecule has 0 aromatic heterocycles. The molecule has 2 aromatic carbocycles. The minimum Gasteiger partial charge on any atom is -0.494 e. The van der Waals surface area contributed by atoms with Crippen molar-refractivity contribution in [3.8, 4) is 11.5 Å². The summed E-state index contributed by atoms with van der Waals surface area (Å²) < 4.78 is 40.4. The van der Waals surface area contributed by atoms with Crippen molar-refractivity contribution in [2.24, 2.45) is 0 Å². The second-order valence-corrected chi connectivity index (χ2v) is 12.2. The normalized spacial score (nSPS) is 21.0. The zero-order valence-electron chi connectivity index (χ0n) is 28.1. The van der Waals surface area contributed by atoms with Crippen LogP contribution < -0.4 is 14.4 Å². The minimum absolute atomic E-state index is 0.109. The molecule has 3 aliphatic heterocycles. The molecule has 2 amide bonds. The van der Waals surface area contributed by atoms with Crippen LogP contribution in [0.25, 0.3) is 0 Å². The lowest BCUT2D eigenvalue weighted by Gasteiger charge is -2.42. The Kier molecular flexibility index (Phi) is 13.5. The summed E-state index contributed by atoms with van der Waals surface area (Å²) in [6, 6.07) is 13.8. The van der Waals surface area contributed by atoms with Gasteiger partial charge in [-0.3, -0.25) is 4.79 Å². The number of carboxylic acid groups (broad SMARTS) is 1. The van der Waals surface area contributed by atoms with E-state index in [1.807, 2.05) is 36.4 Å². The molecule has 0 aliphatic carbocycles. The van der Waals surface area contributed by atoms with Gasteiger partial charge in [0.25, 0.3) is 0 Å². The van der Waals surface area contributed by atoms with E-state index in [1.165, 1.54) is 4.90 Å². The van der Waals surface area contributed by atoms with Crippen LogP contribution >= 0.6 is 0 Å². The van der Waals surface area contributed by atoms with Crippen LogP contribution in [0, 0.1) is 0 Å². The minimum atomic E-state index is -1.06. The molecule has 13 heteroatoms. The Morgan fingerprint density at radius 3 is 2.31 bits per heavy atom. The second kappa shape index (κ2) is 18.2. The largest absolute Gasteiger partial charge is 0.494 e. The van der Waals surface area contributed by atoms with Gasteiger partial charge in [-0.05, 0) is 41.8 Å². The topological polar surface area (TPSA) is 129 Å². The zero-order chi connectivity index (χ0) is 33.7. The Labute approximate surface area is 282 Å². The predicted octanol–water partition coefficient (Wildman–Crippen LogP) is 3.24. The zero-order valence-corrected chi connectivity index (χ0v) is 28.1. The van der Waals surface area contributed by atoms with Gasteiger partial charge >= 0.3 is 6.09 Å². The number of ether oxygens (including phenoxy) is 7. The Balaban J connectivity index is 1.35. The summed E-state index contributed by atoms with van der Waals surface area (Å²) in [5, 5.41) is 10.1. The number of likely N-dealkylation sites (tertiary alicyclic amines) is 1. The van der Waals surface area contributed by atoms with Crippen LogP contribution in [0.3, 0.4) is 0 Å². The first-order chi connectivity index (χ1) is 23.5. The van der Waals surface area contributed by atoms with Crippen LogP contribution in [0.4, 0.5) is 10.5 Å². The molecule has 48 heavy (non-hydrogen) atoms. The molecule has 264 valence electrons. The number of fused-ring (bicyclic) bond motifs is 1. The number of carbonyl (C=O) groups excluding carboxylic acids is 1. The molecule has 13 nitrogen and oxygen atoms in total. The molecule has 1 N–H and O–H groups in total. The number of nitrogens with zero attached hydrogens (tertiary/aromatic N) is 3. The summed E-state index contributed by atoms with van der Waals surface area (Å²) in [4.78, 5) is 30.7. The summed E-state index contributed by atoms with van der Waals surface area (Å²) in [5.41, 5.74) is 2.87. The Hall–Kier alpha value is -3.62. The maximum absolute atomic E-state index is 13.0. The van der Waals surface area contributed by atoms with Crippen molar-refractivity contribution in [1.82, 2.24) is 9.80 Å². The van der Waals surface area contributed by atoms with Gasteiger partial charge in [-0.25, -0.2) is 4.79 Å². The van der Waals surface area contributed by atoms with Gasteiger partial charge in [-0.15, -0.1) is 0 Å². The van der Waals surface area contributed by atoms with Gasteiger partial charge in [0, 0.05) is 59.4 Å². The summed E-state index contributed by atoms with van der Waals surface area (Å²) >= 11 is 0. The highest BCUT2D eigenvalue weighted by atomic mass is 16.5. The van der Waals surface area contributed by atoms with Gasteiger partial charge in [0.15, 0.2) is 0 Å². The predicted molar refractivity (Wildman–Crippen MR) is 177 cm³/mol. The smallest absolute Gasteiger partial charge is 0.407 e. The van der Waals surface area contributed by atoms with Crippen molar-refractivity contribution in [1.29, 1.82) is 0 Å². The van der Waals surface area contributed by atoms with Gasteiger partial charge in [-0.1, -0.05) is 18.2 Å². The van der Waals surface area contributed by atoms with E-state index in [2.05, 4.69) is 11.0 Å². The molecule has 2 fully saturated rings. The number of benzene rings is 2. The fourth-order valence-electron chi connectivity index (χ4n) is 6.38. The maximum atomic E-state index is 13.0. The lowest BCUT2D eigenvalue weighted by Crippen LogP contribution is -2.55. The van der Waals surface area contributed by atoms with Gasteiger partial charge in [0.05, 0.1) is 64.0 Å². The van der Waals surface area contributed by atoms with E-state index in [9.17, 15) is 14.7 Å². The first-order valence-corrected chi connectivity index (χ1v) is 16.7. The highest BCUT2D eigenvalue weighted by Crippen LogP contribution is 2.36. The molecule has 3 aliphatic rings. The molecule has 0 unspecified atom stereocenters. The Bertz CT molecular complexity index is 1310. The third kappa shape index (κ3) is 9.73. The average Bonchev–Trinajstić information content (AvgIpc) is 3.12. The molecular formula is C35H49N3O10. The second-order valence-electron chi connectivity index (χ2n) is 12.2. The van der Waals surface area contributed by atoms with E-state index in [-0.39, 0.29) is 38.1 Å². The molecule has 0 radical (unpaired) electrons. The van der Waals surface area contributed by atoms with Crippen molar-refractivity contribution in [3.05, 3.63) is 53.6 Å². The molecule has 0 spiro atoms.